The van der Waals surface area contributed by atoms with E-state index in [4.69, 9.17) is 4.42 Å². The molecule has 0 radical (unpaired) electrons. The highest BCUT2D eigenvalue weighted by Gasteiger charge is 2.17. The summed E-state index contributed by atoms with van der Waals surface area (Å²) in [5.74, 6) is 0.429. The van der Waals surface area contributed by atoms with Crippen molar-refractivity contribution in [3.05, 3.63) is 70.7 Å². The van der Waals surface area contributed by atoms with Gasteiger partial charge in [-0.1, -0.05) is 78.3 Å². The quantitative estimate of drug-likeness (QED) is 0.368. The lowest BCUT2D eigenvalue weighted by Crippen LogP contribution is -1.86. The smallest absolute Gasteiger partial charge is 0.144 e. The van der Waals surface area contributed by atoms with Crippen LogP contribution >= 0.6 is 15.9 Å². The molecule has 0 bridgehead atoms. The van der Waals surface area contributed by atoms with Crippen LogP contribution in [-0.2, 0) is 0 Å². The summed E-state index contributed by atoms with van der Waals surface area (Å²) in [7, 11) is 0. The Labute approximate surface area is 144 Å². The van der Waals surface area contributed by atoms with E-state index in [0.29, 0.717) is 5.92 Å². The molecule has 3 aromatic carbocycles. The first-order chi connectivity index (χ1) is 11.2. The number of hydrogen-bond acceptors (Lipinski definition) is 1. The highest BCUT2D eigenvalue weighted by Crippen LogP contribution is 2.41. The van der Waals surface area contributed by atoms with E-state index >= 15 is 0 Å². The first-order valence-corrected chi connectivity index (χ1v) is 8.65. The van der Waals surface area contributed by atoms with Crippen LogP contribution in [0.4, 0.5) is 0 Å². The molecule has 114 valence electrons. The molecule has 0 saturated heterocycles. The summed E-state index contributed by atoms with van der Waals surface area (Å²) in [5, 5.41) is 2.33. The Morgan fingerprint density at radius 2 is 1.61 bits per heavy atom. The maximum atomic E-state index is 6.38. The number of hydrogen-bond donors (Lipinski definition) is 0. The van der Waals surface area contributed by atoms with Crippen molar-refractivity contribution in [2.45, 2.75) is 19.8 Å². The van der Waals surface area contributed by atoms with Crippen LogP contribution in [0.15, 0.2) is 69.6 Å². The Bertz CT molecular complexity index is 997. The molecule has 0 atom stereocenters. The molecule has 0 fully saturated rings. The molecule has 0 saturated carbocycles. The minimum Gasteiger partial charge on any atom is -0.455 e. The molecule has 1 heterocycles. The predicted octanol–water partition coefficient (Wildman–Crippen LogP) is 7.14. The van der Waals surface area contributed by atoms with Crippen molar-refractivity contribution >= 4 is 37.9 Å². The first-order valence-electron chi connectivity index (χ1n) is 7.86. The molecule has 0 amide bonds. The van der Waals surface area contributed by atoms with Gasteiger partial charge >= 0.3 is 0 Å². The Morgan fingerprint density at radius 1 is 0.826 bits per heavy atom. The van der Waals surface area contributed by atoms with Crippen LogP contribution in [-0.4, -0.2) is 0 Å². The average Bonchev–Trinajstić information content (AvgIpc) is 2.96. The topological polar surface area (TPSA) is 13.1 Å². The Morgan fingerprint density at radius 3 is 2.35 bits per heavy atom. The fourth-order valence-corrected chi connectivity index (χ4v) is 3.71. The van der Waals surface area contributed by atoms with Gasteiger partial charge in [0.1, 0.15) is 11.2 Å². The van der Waals surface area contributed by atoms with Crippen molar-refractivity contribution in [1.29, 1.82) is 0 Å². The molecule has 4 aromatic rings. The minimum atomic E-state index is 0.429. The number of fused-ring (bicyclic) bond motifs is 3. The standard InChI is InChI=1S/C21H17BrO/c1-13(2)15-9-6-10-17-19-18(22)12-11-16(21(19)23-20(15)17)14-7-4-3-5-8-14/h3-13H,1-2H3. The molecule has 0 unspecified atom stereocenters. The third-order valence-corrected chi connectivity index (χ3v) is 4.99. The molecular weight excluding hydrogens is 348 g/mol. The molecule has 0 aliphatic heterocycles. The minimum absolute atomic E-state index is 0.429. The van der Waals surface area contributed by atoms with Gasteiger partial charge in [0.2, 0.25) is 0 Å². The second-order valence-corrected chi connectivity index (χ2v) is 7.00. The van der Waals surface area contributed by atoms with Crippen molar-refractivity contribution in [2.75, 3.05) is 0 Å². The first kappa shape index (κ1) is 14.5. The van der Waals surface area contributed by atoms with Crippen molar-refractivity contribution in [2.24, 2.45) is 0 Å². The summed E-state index contributed by atoms with van der Waals surface area (Å²) in [6.07, 6.45) is 0. The van der Waals surface area contributed by atoms with Crippen molar-refractivity contribution in [1.82, 2.24) is 0 Å². The van der Waals surface area contributed by atoms with Gasteiger partial charge in [0, 0.05) is 20.8 Å². The summed E-state index contributed by atoms with van der Waals surface area (Å²) in [6, 6.07) is 21.1. The van der Waals surface area contributed by atoms with Crippen LogP contribution in [0.5, 0.6) is 0 Å². The summed E-state index contributed by atoms with van der Waals surface area (Å²) < 4.78 is 7.46. The number of furan rings is 1. The van der Waals surface area contributed by atoms with Crippen molar-refractivity contribution < 1.29 is 4.42 Å². The van der Waals surface area contributed by atoms with E-state index in [1.165, 1.54) is 16.5 Å². The molecule has 1 aromatic heterocycles. The molecule has 0 N–H and O–H groups in total. The lowest BCUT2D eigenvalue weighted by molar-refractivity contribution is 0.658. The summed E-state index contributed by atoms with van der Waals surface area (Å²) in [6.45, 7) is 4.41. The van der Waals surface area contributed by atoms with E-state index in [1.807, 2.05) is 6.07 Å². The molecule has 0 spiro atoms. The monoisotopic (exact) mass is 364 g/mol. The average molecular weight is 365 g/mol. The van der Waals surface area contributed by atoms with E-state index in [9.17, 15) is 0 Å². The number of halogens is 1. The fraction of sp³-hybridized carbons (Fsp3) is 0.143. The van der Waals surface area contributed by atoms with Gasteiger partial charge < -0.3 is 4.42 Å². The molecule has 0 aliphatic carbocycles. The predicted molar refractivity (Wildman–Crippen MR) is 101 cm³/mol. The second-order valence-electron chi connectivity index (χ2n) is 6.15. The van der Waals surface area contributed by atoms with Crippen molar-refractivity contribution in [3.8, 4) is 11.1 Å². The normalized spacial score (nSPS) is 11.7. The number of benzene rings is 3. The molecular formula is C21H17BrO. The zero-order valence-corrected chi connectivity index (χ0v) is 14.7. The SMILES string of the molecule is CC(C)c1cccc2c1oc1c(-c3ccccc3)ccc(Br)c12. The van der Waals surface area contributed by atoms with E-state index in [1.54, 1.807) is 0 Å². The molecule has 4 rings (SSSR count). The Balaban J connectivity index is 2.14. The van der Waals surface area contributed by atoms with Crippen LogP contribution in [0.2, 0.25) is 0 Å². The van der Waals surface area contributed by atoms with Gasteiger partial charge in [-0.2, -0.15) is 0 Å². The van der Waals surface area contributed by atoms with Crippen LogP contribution < -0.4 is 0 Å². The lowest BCUT2D eigenvalue weighted by Gasteiger charge is -2.04. The molecule has 2 heteroatoms. The largest absolute Gasteiger partial charge is 0.455 e. The van der Waals surface area contributed by atoms with Crippen LogP contribution in [0.1, 0.15) is 25.3 Å². The second kappa shape index (κ2) is 5.54. The van der Waals surface area contributed by atoms with Gasteiger partial charge in [-0.15, -0.1) is 0 Å². The zero-order chi connectivity index (χ0) is 16.0. The fourth-order valence-electron chi connectivity index (χ4n) is 3.18. The van der Waals surface area contributed by atoms with Gasteiger partial charge in [0.25, 0.3) is 0 Å². The molecule has 23 heavy (non-hydrogen) atoms. The summed E-state index contributed by atoms with van der Waals surface area (Å²) in [5.41, 5.74) is 5.52. The van der Waals surface area contributed by atoms with Crippen LogP contribution in [0.3, 0.4) is 0 Å². The third-order valence-electron chi connectivity index (χ3n) is 4.33. The maximum absolute atomic E-state index is 6.38. The Hall–Kier alpha value is -2.06. The van der Waals surface area contributed by atoms with Crippen LogP contribution in [0.25, 0.3) is 33.1 Å². The highest BCUT2D eigenvalue weighted by molar-refractivity contribution is 9.10. The van der Waals surface area contributed by atoms with E-state index in [2.05, 4.69) is 84.4 Å². The Kier molecular flexibility index (Phi) is 3.50. The summed E-state index contributed by atoms with van der Waals surface area (Å²) >= 11 is 3.71. The van der Waals surface area contributed by atoms with Crippen molar-refractivity contribution in [3.63, 3.8) is 0 Å². The summed E-state index contributed by atoms with van der Waals surface area (Å²) in [4.78, 5) is 0. The number of para-hydroxylation sites is 1. The van der Waals surface area contributed by atoms with Gasteiger partial charge in [-0.05, 0) is 29.2 Å². The van der Waals surface area contributed by atoms with E-state index in [0.717, 1.165) is 26.6 Å². The third kappa shape index (κ3) is 2.29. The van der Waals surface area contributed by atoms with E-state index in [-0.39, 0.29) is 0 Å². The van der Waals surface area contributed by atoms with Crippen LogP contribution in [0, 0.1) is 0 Å². The van der Waals surface area contributed by atoms with E-state index < -0.39 is 0 Å². The number of rotatable bonds is 2. The zero-order valence-electron chi connectivity index (χ0n) is 13.1. The van der Waals surface area contributed by atoms with Gasteiger partial charge in [0.05, 0.1) is 0 Å². The maximum Gasteiger partial charge on any atom is 0.144 e. The lowest BCUT2D eigenvalue weighted by atomic mass is 9.99. The van der Waals surface area contributed by atoms with Gasteiger partial charge in [0.15, 0.2) is 0 Å². The van der Waals surface area contributed by atoms with Gasteiger partial charge in [-0.25, -0.2) is 0 Å². The molecule has 1 nitrogen and oxygen atoms in total. The highest BCUT2D eigenvalue weighted by atomic mass is 79.9. The van der Waals surface area contributed by atoms with Gasteiger partial charge in [-0.3, -0.25) is 0 Å². The molecule has 0 aliphatic rings.